The first-order valence-electron chi connectivity index (χ1n) is 9.67. The second kappa shape index (κ2) is 10.5. The number of amides is 1. The lowest BCUT2D eigenvalue weighted by molar-refractivity contribution is -0.121. The number of aryl methyl sites for hydroxylation is 1. The molecule has 2 aromatic heterocycles. The van der Waals surface area contributed by atoms with Gasteiger partial charge in [-0.2, -0.15) is 0 Å². The minimum absolute atomic E-state index is 0.0260. The molecule has 0 spiro atoms. The van der Waals surface area contributed by atoms with Crippen molar-refractivity contribution in [3.8, 4) is 0 Å². The van der Waals surface area contributed by atoms with E-state index < -0.39 is 0 Å². The van der Waals surface area contributed by atoms with Gasteiger partial charge in [0, 0.05) is 41.9 Å². The minimum atomic E-state index is -0.0545. The Morgan fingerprint density at radius 2 is 2.13 bits per heavy atom. The van der Waals surface area contributed by atoms with Crippen LogP contribution in [0.2, 0.25) is 5.02 Å². The average molecular weight is 446 g/mol. The van der Waals surface area contributed by atoms with Gasteiger partial charge in [-0.25, -0.2) is 4.98 Å². The van der Waals surface area contributed by atoms with E-state index in [0.717, 1.165) is 17.0 Å². The summed E-state index contributed by atoms with van der Waals surface area (Å²) < 4.78 is 6.77. The number of hydrogen-bond acceptors (Lipinski definition) is 5. The van der Waals surface area contributed by atoms with Crippen LogP contribution in [0.5, 0.6) is 0 Å². The molecule has 1 N–H and O–H groups in total. The van der Waals surface area contributed by atoms with Crippen LogP contribution in [0.4, 0.5) is 0 Å². The van der Waals surface area contributed by atoms with E-state index in [2.05, 4.69) is 10.3 Å². The van der Waals surface area contributed by atoms with Crippen LogP contribution in [0.1, 0.15) is 35.4 Å². The predicted octanol–water partition coefficient (Wildman–Crippen LogP) is 4.11. The fourth-order valence-corrected chi connectivity index (χ4v) is 4.16. The van der Waals surface area contributed by atoms with E-state index in [0.29, 0.717) is 47.3 Å². The molecule has 3 rings (SSSR count). The molecule has 0 unspecified atom stereocenters. The average Bonchev–Trinajstić information content (AvgIpc) is 3.24. The predicted molar refractivity (Wildman–Crippen MR) is 119 cm³/mol. The molecule has 0 aliphatic heterocycles. The summed E-state index contributed by atoms with van der Waals surface area (Å²) in [5, 5.41) is 4.13. The van der Waals surface area contributed by atoms with Crippen LogP contribution >= 0.6 is 23.4 Å². The molecule has 0 radical (unpaired) electrons. The minimum Gasteiger partial charge on any atom is -0.467 e. The number of hydrogen-bond donors (Lipinski definition) is 1. The Hall–Kier alpha value is -2.51. The Morgan fingerprint density at radius 1 is 1.30 bits per heavy atom. The third kappa shape index (κ3) is 6.00. The van der Waals surface area contributed by atoms with Gasteiger partial charge in [-0.05, 0) is 43.2 Å². The van der Waals surface area contributed by atoms with E-state index in [1.54, 1.807) is 23.9 Å². The van der Waals surface area contributed by atoms with Gasteiger partial charge in [0.25, 0.3) is 5.56 Å². The van der Waals surface area contributed by atoms with Gasteiger partial charge in [-0.3, -0.25) is 14.2 Å². The number of rotatable bonds is 9. The zero-order valence-corrected chi connectivity index (χ0v) is 18.6. The Labute approximate surface area is 184 Å². The molecule has 0 atom stereocenters. The fraction of sp³-hybridized carbons (Fsp3) is 0.318. The quantitative estimate of drug-likeness (QED) is 0.304. The summed E-state index contributed by atoms with van der Waals surface area (Å²) in [6, 6.07) is 11.1. The summed E-state index contributed by atoms with van der Waals surface area (Å²) in [4.78, 5) is 29.4. The molecule has 0 aliphatic carbocycles. The van der Waals surface area contributed by atoms with Gasteiger partial charge in [0.05, 0.1) is 12.8 Å². The third-order valence-electron chi connectivity index (χ3n) is 4.64. The maximum absolute atomic E-state index is 12.8. The number of furan rings is 1. The van der Waals surface area contributed by atoms with Crippen molar-refractivity contribution in [3.05, 3.63) is 80.6 Å². The van der Waals surface area contributed by atoms with Crippen molar-refractivity contribution in [1.29, 1.82) is 0 Å². The second-order valence-corrected chi connectivity index (χ2v) is 8.44. The van der Waals surface area contributed by atoms with E-state index >= 15 is 0 Å². The molecule has 1 amide bonds. The third-order valence-corrected chi connectivity index (χ3v) is 5.99. The lowest BCUT2D eigenvalue weighted by Crippen LogP contribution is -2.26. The number of nitrogens with zero attached hydrogens (tertiary/aromatic N) is 2. The molecule has 0 bridgehead atoms. The molecule has 0 saturated heterocycles. The van der Waals surface area contributed by atoms with Crippen LogP contribution in [-0.4, -0.2) is 21.2 Å². The highest BCUT2D eigenvalue weighted by molar-refractivity contribution is 7.99. The molecule has 8 heteroatoms. The van der Waals surface area contributed by atoms with E-state index in [4.69, 9.17) is 16.0 Å². The highest BCUT2D eigenvalue weighted by atomic mass is 35.5. The molecular weight excluding hydrogens is 422 g/mol. The van der Waals surface area contributed by atoms with Crippen molar-refractivity contribution in [3.63, 3.8) is 0 Å². The van der Waals surface area contributed by atoms with E-state index in [1.807, 2.05) is 37.3 Å². The highest BCUT2D eigenvalue weighted by Crippen LogP contribution is 2.19. The zero-order valence-electron chi connectivity index (χ0n) is 17.0. The van der Waals surface area contributed by atoms with Gasteiger partial charge in [-0.1, -0.05) is 35.5 Å². The smallest absolute Gasteiger partial charge is 0.257 e. The molecule has 158 valence electrons. The SMILES string of the molecule is Cc1nc(SCCCC(=O)NCc2ccco2)n(C)c(=O)c1Cc1cccc(Cl)c1. The number of aromatic nitrogens is 2. The summed E-state index contributed by atoms with van der Waals surface area (Å²) in [6.45, 7) is 2.25. The van der Waals surface area contributed by atoms with Crippen molar-refractivity contribution in [2.45, 2.75) is 37.9 Å². The maximum Gasteiger partial charge on any atom is 0.257 e. The van der Waals surface area contributed by atoms with E-state index in [-0.39, 0.29) is 11.5 Å². The molecule has 1 aromatic carbocycles. The highest BCUT2D eigenvalue weighted by Gasteiger charge is 2.13. The van der Waals surface area contributed by atoms with E-state index in [1.165, 1.54) is 11.8 Å². The topological polar surface area (TPSA) is 77.1 Å². The first-order valence-corrected chi connectivity index (χ1v) is 11.0. The molecule has 0 aliphatic rings. The van der Waals surface area contributed by atoms with Crippen LogP contribution in [0.25, 0.3) is 0 Å². The Morgan fingerprint density at radius 3 is 2.87 bits per heavy atom. The summed E-state index contributed by atoms with van der Waals surface area (Å²) in [5.74, 6) is 1.40. The van der Waals surface area contributed by atoms with Crippen LogP contribution in [0.15, 0.2) is 57.0 Å². The maximum atomic E-state index is 12.8. The van der Waals surface area contributed by atoms with Gasteiger partial charge in [0.15, 0.2) is 5.16 Å². The van der Waals surface area contributed by atoms with Crippen molar-refractivity contribution in [2.75, 3.05) is 5.75 Å². The molecule has 6 nitrogen and oxygen atoms in total. The van der Waals surface area contributed by atoms with Crippen molar-refractivity contribution in [1.82, 2.24) is 14.9 Å². The van der Waals surface area contributed by atoms with Crippen LogP contribution < -0.4 is 10.9 Å². The molecule has 2 heterocycles. The monoisotopic (exact) mass is 445 g/mol. The Kier molecular flexibility index (Phi) is 7.76. The molecule has 30 heavy (non-hydrogen) atoms. The van der Waals surface area contributed by atoms with Crippen LogP contribution in [0, 0.1) is 6.92 Å². The number of carbonyl (C=O) groups is 1. The summed E-state index contributed by atoms with van der Waals surface area (Å²) in [6.07, 6.45) is 3.17. The van der Waals surface area contributed by atoms with Crippen LogP contribution in [-0.2, 0) is 24.8 Å². The van der Waals surface area contributed by atoms with Gasteiger partial charge < -0.3 is 9.73 Å². The summed E-state index contributed by atoms with van der Waals surface area (Å²) in [5.41, 5.74) is 2.31. The summed E-state index contributed by atoms with van der Waals surface area (Å²) in [7, 11) is 1.73. The van der Waals surface area contributed by atoms with Crippen LogP contribution in [0.3, 0.4) is 0 Å². The molecule has 0 fully saturated rings. The standard InChI is InChI=1S/C22H24ClN3O3S/c1-15-19(13-16-6-3-7-17(23)12-16)21(28)26(2)22(25-15)30-11-5-9-20(27)24-14-18-8-4-10-29-18/h3-4,6-8,10,12H,5,9,11,13-14H2,1-2H3,(H,24,27). The van der Waals surface area contributed by atoms with Gasteiger partial charge >= 0.3 is 0 Å². The lowest BCUT2D eigenvalue weighted by Gasteiger charge is -2.12. The normalized spacial score (nSPS) is 10.9. The Balaban J connectivity index is 1.54. The number of thioether (sulfide) groups is 1. The number of carbonyl (C=O) groups excluding carboxylic acids is 1. The van der Waals surface area contributed by atoms with Crippen molar-refractivity contribution < 1.29 is 9.21 Å². The first-order chi connectivity index (χ1) is 14.4. The zero-order chi connectivity index (χ0) is 21.5. The second-order valence-electron chi connectivity index (χ2n) is 6.94. The number of benzene rings is 1. The number of halogens is 1. The molecule has 0 saturated carbocycles. The largest absolute Gasteiger partial charge is 0.467 e. The molecule has 3 aromatic rings. The van der Waals surface area contributed by atoms with Crippen molar-refractivity contribution in [2.24, 2.45) is 7.05 Å². The lowest BCUT2D eigenvalue weighted by atomic mass is 10.1. The van der Waals surface area contributed by atoms with Crippen molar-refractivity contribution >= 4 is 29.3 Å². The van der Waals surface area contributed by atoms with Gasteiger partial charge in [-0.15, -0.1) is 0 Å². The van der Waals surface area contributed by atoms with Gasteiger partial charge in [0.1, 0.15) is 5.76 Å². The van der Waals surface area contributed by atoms with E-state index in [9.17, 15) is 9.59 Å². The Bertz CT molecular complexity index is 1060. The number of nitrogens with one attached hydrogen (secondary N) is 1. The molecular formula is C22H24ClN3O3S. The summed E-state index contributed by atoms with van der Waals surface area (Å²) >= 11 is 7.53. The fourth-order valence-electron chi connectivity index (χ4n) is 3.00. The first kappa shape index (κ1) is 22.2. The van der Waals surface area contributed by atoms with Gasteiger partial charge in [0.2, 0.25) is 5.91 Å².